The van der Waals surface area contributed by atoms with Crippen molar-refractivity contribution in [2.75, 3.05) is 6.61 Å². The molecule has 0 radical (unpaired) electrons. The average Bonchev–Trinajstić information content (AvgIpc) is 2.92. The predicted molar refractivity (Wildman–Crippen MR) is 88.0 cm³/mol. The van der Waals surface area contributed by atoms with E-state index in [1.807, 2.05) is 24.3 Å². The van der Waals surface area contributed by atoms with Crippen LogP contribution in [0.2, 0.25) is 0 Å². The highest BCUT2D eigenvalue weighted by atomic mass is 16.5. The first-order valence-corrected chi connectivity index (χ1v) is 7.48. The summed E-state index contributed by atoms with van der Waals surface area (Å²) in [6.45, 7) is 5.08. The van der Waals surface area contributed by atoms with Gasteiger partial charge in [0.25, 0.3) is 0 Å². The van der Waals surface area contributed by atoms with Crippen molar-refractivity contribution >= 4 is 11.9 Å². The Morgan fingerprint density at radius 2 is 2.05 bits per heavy atom. The highest BCUT2D eigenvalue weighted by Gasteiger charge is 2.03. The van der Waals surface area contributed by atoms with Crippen LogP contribution in [-0.4, -0.2) is 22.2 Å². The summed E-state index contributed by atoms with van der Waals surface area (Å²) < 4.78 is 7.28. The van der Waals surface area contributed by atoms with Crippen molar-refractivity contribution in [3.8, 4) is 5.75 Å². The molecular formula is C18H22N2O2. The lowest BCUT2D eigenvalue weighted by Gasteiger charge is -2.07. The zero-order valence-electron chi connectivity index (χ0n) is 13.3. The number of aromatic nitrogens is 2. The Kier molecular flexibility index (Phi) is 5.53. The maximum Gasteiger partial charge on any atom is 0.189 e. The van der Waals surface area contributed by atoms with Gasteiger partial charge in [-0.1, -0.05) is 32.1 Å². The highest BCUT2D eigenvalue weighted by molar-refractivity contribution is 6.06. The molecule has 0 aliphatic heterocycles. The highest BCUT2D eigenvalue weighted by Crippen LogP contribution is 2.14. The van der Waals surface area contributed by atoms with Crippen LogP contribution in [0, 0.1) is 5.92 Å². The molecule has 1 heterocycles. The number of nitrogens with zero attached hydrogens (tertiary/aromatic N) is 2. The van der Waals surface area contributed by atoms with E-state index in [1.54, 1.807) is 36.3 Å². The quantitative estimate of drug-likeness (QED) is 0.578. The Hall–Kier alpha value is -2.36. The van der Waals surface area contributed by atoms with Crippen LogP contribution in [0.3, 0.4) is 0 Å². The summed E-state index contributed by atoms with van der Waals surface area (Å²) >= 11 is 0. The van der Waals surface area contributed by atoms with Gasteiger partial charge in [0.1, 0.15) is 5.75 Å². The topological polar surface area (TPSA) is 44.1 Å². The van der Waals surface area contributed by atoms with Gasteiger partial charge in [-0.25, -0.2) is 0 Å². The van der Waals surface area contributed by atoms with Gasteiger partial charge in [-0.2, -0.15) is 5.10 Å². The standard InChI is InChI=1S/C18H22N2O2/c1-14(2)10-11-22-17-7-4-15(5-8-17)6-9-18(21)16-12-19-20(3)13-16/h4-9,12-14H,10-11H2,1-3H3/b9-6+. The van der Waals surface area contributed by atoms with Gasteiger partial charge in [-0.05, 0) is 36.1 Å². The van der Waals surface area contributed by atoms with E-state index in [4.69, 9.17) is 4.74 Å². The summed E-state index contributed by atoms with van der Waals surface area (Å²) in [5.74, 6) is 1.45. The molecule has 116 valence electrons. The summed E-state index contributed by atoms with van der Waals surface area (Å²) in [5, 5.41) is 3.99. The Morgan fingerprint density at radius 3 is 2.64 bits per heavy atom. The number of allylic oxidation sites excluding steroid dienone is 1. The Morgan fingerprint density at radius 1 is 1.32 bits per heavy atom. The minimum Gasteiger partial charge on any atom is -0.494 e. The molecule has 0 amide bonds. The van der Waals surface area contributed by atoms with E-state index in [2.05, 4.69) is 18.9 Å². The third-order valence-corrected chi connectivity index (χ3v) is 3.26. The second-order valence-corrected chi connectivity index (χ2v) is 5.70. The zero-order chi connectivity index (χ0) is 15.9. The van der Waals surface area contributed by atoms with E-state index in [0.29, 0.717) is 11.5 Å². The van der Waals surface area contributed by atoms with Crippen LogP contribution in [0.5, 0.6) is 5.75 Å². The van der Waals surface area contributed by atoms with Gasteiger partial charge < -0.3 is 4.74 Å². The molecular weight excluding hydrogens is 276 g/mol. The van der Waals surface area contributed by atoms with Gasteiger partial charge in [0.2, 0.25) is 0 Å². The molecule has 0 saturated carbocycles. The smallest absolute Gasteiger partial charge is 0.189 e. The van der Waals surface area contributed by atoms with E-state index >= 15 is 0 Å². The van der Waals surface area contributed by atoms with Crippen LogP contribution in [-0.2, 0) is 7.05 Å². The molecule has 0 saturated heterocycles. The lowest BCUT2D eigenvalue weighted by atomic mass is 10.1. The maximum atomic E-state index is 11.9. The summed E-state index contributed by atoms with van der Waals surface area (Å²) in [4.78, 5) is 11.9. The van der Waals surface area contributed by atoms with Crippen molar-refractivity contribution in [1.82, 2.24) is 9.78 Å². The third kappa shape index (κ3) is 4.88. The molecule has 2 aromatic rings. The average molecular weight is 298 g/mol. The Labute approximate surface area is 131 Å². The van der Waals surface area contributed by atoms with E-state index < -0.39 is 0 Å². The van der Waals surface area contributed by atoms with E-state index in [9.17, 15) is 4.79 Å². The molecule has 0 aliphatic rings. The molecule has 22 heavy (non-hydrogen) atoms. The van der Waals surface area contributed by atoms with Crippen molar-refractivity contribution in [3.63, 3.8) is 0 Å². The summed E-state index contributed by atoms with van der Waals surface area (Å²) in [6.07, 6.45) is 7.68. The number of hydrogen-bond acceptors (Lipinski definition) is 3. The van der Waals surface area contributed by atoms with Crippen molar-refractivity contribution in [2.45, 2.75) is 20.3 Å². The van der Waals surface area contributed by atoms with Crippen LogP contribution in [0.15, 0.2) is 42.7 Å². The van der Waals surface area contributed by atoms with Gasteiger partial charge in [0, 0.05) is 13.2 Å². The fraction of sp³-hybridized carbons (Fsp3) is 0.333. The van der Waals surface area contributed by atoms with Crippen molar-refractivity contribution in [3.05, 3.63) is 53.9 Å². The molecule has 4 nitrogen and oxygen atoms in total. The Balaban J connectivity index is 1.90. The fourth-order valence-electron chi connectivity index (χ4n) is 1.90. The van der Waals surface area contributed by atoms with Crippen molar-refractivity contribution < 1.29 is 9.53 Å². The van der Waals surface area contributed by atoms with Crippen molar-refractivity contribution in [2.24, 2.45) is 13.0 Å². The minimum absolute atomic E-state index is 0.0506. The molecule has 0 spiro atoms. The molecule has 0 aliphatic carbocycles. The predicted octanol–water partition coefficient (Wildman–Crippen LogP) is 3.74. The van der Waals surface area contributed by atoms with E-state index in [0.717, 1.165) is 24.3 Å². The number of carbonyl (C=O) groups is 1. The first-order chi connectivity index (χ1) is 10.5. The second-order valence-electron chi connectivity index (χ2n) is 5.70. The molecule has 2 rings (SSSR count). The summed E-state index contributed by atoms with van der Waals surface area (Å²) in [7, 11) is 1.79. The second kappa shape index (κ2) is 7.59. The molecule has 0 bridgehead atoms. The first-order valence-electron chi connectivity index (χ1n) is 7.48. The molecule has 1 aromatic heterocycles. The third-order valence-electron chi connectivity index (χ3n) is 3.26. The lowest BCUT2D eigenvalue weighted by molar-refractivity contribution is 0.104. The number of hydrogen-bond donors (Lipinski definition) is 0. The fourth-order valence-corrected chi connectivity index (χ4v) is 1.90. The molecule has 1 aromatic carbocycles. The summed E-state index contributed by atoms with van der Waals surface area (Å²) in [5.41, 5.74) is 1.56. The number of carbonyl (C=O) groups excluding carboxylic acids is 1. The number of rotatable bonds is 7. The molecule has 0 N–H and O–H groups in total. The zero-order valence-corrected chi connectivity index (χ0v) is 13.3. The number of benzene rings is 1. The number of ether oxygens (including phenoxy) is 1. The minimum atomic E-state index is -0.0506. The van der Waals surface area contributed by atoms with Crippen LogP contribution < -0.4 is 4.74 Å². The van der Waals surface area contributed by atoms with Gasteiger partial charge in [0.05, 0.1) is 18.4 Å². The maximum absolute atomic E-state index is 11.9. The van der Waals surface area contributed by atoms with Gasteiger partial charge in [-0.3, -0.25) is 9.48 Å². The van der Waals surface area contributed by atoms with E-state index in [-0.39, 0.29) is 5.78 Å². The SMILES string of the molecule is CC(C)CCOc1ccc(/C=C/C(=O)c2cnn(C)c2)cc1. The van der Waals surface area contributed by atoms with Crippen LogP contribution >= 0.6 is 0 Å². The lowest BCUT2D eigenvalue weighted by Crippen LogP contribution is -2.01. The van der Waals surface area contributed by atoms with Crippen LogP contribution in [0.25, 0.3) is 6.08 Å². The normalized spacial score (nSPS) is 11.3. The largest absolute Gasteiger partial charge is 0.494 e. The van der Waals surface area contributed by atoms with Crippen LogP contribution in [0.1, 0.15) is 36.2 Å². The molecule has 0 unspecified atom stereocenters. The summed E-state index contributed by atoms with van der Waals surface area (Å²) in [6, 6.07) is 7.73. The van der Waals surface area contributed by atoms with Gasteiger partial charge in [-0.15, -0.1) is 0 Å². The van der Waals surface area contributed by atoms with Crippen molar-refractivity contribution in [1.29, 1.82) is 0 Å². The molecule has 4 heteroatoms. The first kappa shape index (κ1) is 16.0. The van der Waals surface area contributed by atoms with Gasteiger partial charge >= 0.3 is 0 Å². The number of ketones is 1. The molecule has 0 atom stereocenters. The monoisotopic (exact) mass is 298 g/mol. The Bertz CT molecular complexity index is 639. The molecule has 0 fully saturated rings. The van der Waals surface area contributed by atoms with Gasteiger partial charge in [0.15, 0.2) is 5.78 Å². The van der Waals surface area contributed by atoms with E-state index in [1.165, 1.54) is 0 Å². The number of aryl methyl sites for hydroxylation is 1. The van der Waals surface area contributed by atoms with Crippen LogP contribution in [0.4, 0.5) is 0 Å².